The third-order valence-electron chi connectivity index (χ3n) is 0.286. The summed E-state index contributed by atoms with van der Waals surface area (Å²) in [4.78, 5) is 9.76. The van der Waals surface area contributed by atoms with Crippen LogP contribution in [0.4, 0.5) is 0 Å². The summed E-state index contributed by atoms with van der Waals surface area (Å²) in [7, 11) is 0.862. The van der Waals surface area contributed by atoms with Crippen LogP contribution in [0.2, 0.25) is 0 Å². The second-order valence-electron chi connectivity index (χ2n) is 1.04. The highest BCUT2D eigenvalue weighted by Crippen LogP contribution is 1.97. The SMILES string of the molecule is O=C(Cl)CS(=O)(=O)Cl. The van der Waals surface area contributed by atoms with E-state index >= 15 is 0 Å². The van der Waals surface area contributed by atoms with Gasteiger partial charge in [-0.25, -0.2) is 8.42 Å². The predicted octanol–water partition coefficient (Wildman–Crippen LogP) is 0.320. The van der Waals surface area contributed by atoms with E-state index in [1.54, 1.807) is 0 Å². The van der Waals surface area contributed by atoms with Crippen LogP contribution in [-0.4, -0.2) is 19.4 Å². The average molecular weight is 177 g/mol. The van der Waals surface area contributed by atoms with E-state index in [0.29, 0.717) is 0 Å². The highest BCUT2D eigenvalue weighted by molar-refractivity contribution is 8.14. The predicted molar refractivity (Wildman–Crippen MR) is 30.5 cm³/mol. The molecule has 0 aliphatic rings. The van der Waals surface area contributed by atoms with Gasteiger partial charge in [-0.3, -0.25) is 4.79 Å². The van der Waals surface area contributed by atoms with Crippen LogP contribution in [0.5, 0.6) is 0 Å². The molecule has 0 saturated heterocycles. The lowest BCUT2D eigenvalue weighted by Gasteiger charge is -1.82. The van der Waals surface area contributed by atoms with Crippen LogP contribution in [0, 0.1) is 0 Å². The molecule has 0 aromatic rings. The molecule has 0 rings (SSSR count). The summed E-state index contributed by atoms with van der Waals surface area (Å²) in [6.07, 6.45) is 0. The second-order valence-corrected chi connectivity index (χ2v) is 4.24. The van der Waals surface area contributed by atoms with Crippen molar-refractivity contribution in [3.63, 3.8) is 0 Å². The molecule has 0 heterocycles. The van der Waals surface area contributed by atoms with Crippen molar-refractivity contribution in [2.45, 2.75) is 0 Å². The molecule has 0 atom stereocenters. The molecule has 0 unspecified atom stereocenters. The molecule has 48 valence electrons. The molecule has 0 aromatic carbocycles. The zero-order chi connectivity index (χ0) is 6.78. The number of carbonyl (C=O) groups excluding carboxylic acids is 1. The van der Waals surface area contributed by atoms with Gasteiger partial charge in [-0.1, -0.05) is 0 Å². The van der Waals surface area contributed by atoms with Gasteiger partial charge < -0.3 is 0 Å². The Morgan fingerprint density at radius 3 is 1.88 bits per heavy atom. The van der Waals surface area contributed by atoms with E-state index in [-0.39, 0.29) is 0 Å². The van der Waals surface area contributed by atoms with Crippen LogP contribution in [0.1, 0.15) is 0 Å². The molecule has 0 aliphatic heterocycles. The molecule has 0 saturated carbocycles. The van der Waals surface area contributed by atoms with Gasteiger partial charge in [0.25, 0.3) is 0 Å². The lowest BCUT2D eigenvalue weighted by molar-refractivity contribution is -0.109. The van der Waals surface area contributed by atoms with E-state index in [1.165, 1.54) is 0 Å². The molecule has 0 fully saturated rings. The summed E-state index contributed by atoms with van der Waals surface area (Å²) >= 11 is 4.66. The summed E-state index contributed by atoms with van der Waals surface area (Å²) < 4.78 is 19.8. The first-order valence-electron chi connectivity index (χ1n) is 1.52. The quantitative estimate of drug-likeness (QED) is 0.570. The van der Waals surface area contributed by atoms with Gasteiger partial charge in [0, 0.05) is 10.7 Å². The van der Waals surface area contributed by atoms with Gasteiger partial charge in [0.2, 0.25) is 14.3 Å². The van der Waals surface area contributed by atoms with Gasteiger partial charge in [0.1, 0.15) is 5.75 Å². The van der Waals surface area contributed by atoms with Crippen molar-refractivity contribution in [1.29, 1.82) is 0 Å². The Morgan fingerprint density at radius 2 is 1.88 bits per heavy atom. The fourth-order valence-corrected chi connectivity index (χ4v) is 1.30. The van der Waals surface area contributed by atoms with Gasteiger partial charge >= 0.3 is 0 Å². The van der Waals surface area contributed by atoms with Crippen LogP contribution in [0.15, 0.2) is 0 Å². The van der Waals surface area contributed by atoms with E-state index in [9.17, 15) is 13.2 Å². The lowest BCUT2D eigenvalue weighted by atomic mass is 10.9. The number of rotatable bonds is 2. The van der Waals surface area contributed by atoms with Gasteiger partial charge in [-0.2, -0.15) is 0 Å². The zero-order valence-electron chi connectivity index (χ0n) is 3.60. The van der Waals surface area contributed by atoms with Crippen LogP contribution in [-0.2, 0) is 13.8 Å². The molecular weight excluding hydrogens is 175 g/mol. The smallest absolute Gasteiger partial charge is 0.241 e. The average Bonchev–Trinajstić information content (AvgIpc) is 1.21. The fourth-order valence-electron chi connectivity index (χ4n) is 0.136. The zero-order valence-corrected chi connectivity index (χ0v) is 5.92. The summed E-state index contributed by atoms with van der Waals surface area (Å²) in [5.74, 6) is -0.809. The van der Waals surface area contributed by atoms with Crippen LogP contribution < -0.4 is 0 Å². The van der Waals surface area contributed by atoms with Crippen LogP contribution >= 0.6 is 22.3 Å². The minimum absolute atomic E-state index is 0.809. The molecule has 0 N–H and O–H groups in total. The Hall–Kier alpha value is 0.200. The number of hydrogen-bond donors (Lipinski definition) is 0. The first kappa shape index (κ1) is 8.20. The van der Waals surface area contributed by atoms with E-state index in [4.69, 9.17) is 0 Å². The fraction of sp³-hybridized carbons (Fsp3) is 0.500. The minimum Gasteiger partial charge on any atom is -0.280 e. The second kappa shape index (κ2) is 2.66. The summed E-state index contributed by atoms with van der Waals surface area (Å²) in [6.45, 7) is 0. The van der Waals surface area contributed by atoms with Crippen molar-refractivity contribution in [3.8, 4) is 0 Å². The Labute approximate surface area is 56.0 Å². The van der Waals surface area contributed by atoms with Gasteiger partial charge in [0.15, 0.2) is 0 Å². The highest BCUT2D eigenvalue weighted by Gasteiger charge is 2.09. The number of carbonyl (C=O) groups is 1. The Balaban J connectivity index is 3.95. The Kier molecular flexibility index (Phi) is 2.73. The minimum atomic E-state index is -3.73. The number of halogens is 2. The third-order valence-corrected chi connectivity index (χ3v) is 1.51. The molecular formula is C2H2Cl2O3S. The molecule has 3 nitrogen and oxygen atoms in total. The largest absolute Gasteiger partial charge is 0.280 e. The van der Waals surface area contributed by atoms with Crippen molar-refractivity contribution in [2.24, 2.45) is 0 Å². The molecule has 6 heteroatoms. The van der Waals surface area contributed by atoms with Gasteiger partial charge in [-0.05, 0) is 11.6 Å². The standard InChI is InChI=1S/C2H2Cl2O3S/c3-2(5)1-8(4,6)7/h1H2. The topological polar surface area (TPSA) is 51.2 Å². The first-order valence-corrected chi connectivity index (χ1v) is 4.38. The molecule has 0 radical (unpaired) electrons. The third kappa shape index (κ3) is 6.20. The van der Waals surface area contributed by atoms with Gasteiger partial charge in [0.05, 0.1) is 0 Å². The van der Waals surface area contributed by atoms with Crippen LogP contribution in [0.25, 0.3) is 0 Å². The van der Waals surface area contributed by atoms with Crippen molar-refractivity contribution in [2.75, 3.05) is 5.75 Å². The van der Waals surface area contributed by atoms with Crippen molar-refractivity contribution < 1.29 is 13.2 Å². The molecule has 0 spiro atoms. The normalized spacial score (nSPS) is 11.2. The van der Waals surface area contributed by atoms with E-state index in [0.717, 1.165) is 0 Å². The van der Waals surface area contributed by atoms with E-state index in [2.05, 4.69) is 22.3 Å². The summed E-state index contributed by atoms with van der Waals surface area (Å²) in [5.41, 5.74) is 0. The number of hydrogen-bond acceptors (Lipinski definition) is 3. The van der Waals surface area contributed by atoms with Crippen LogP contribution in [0.3, 0.4) is 0 Å². The maximum Gasteiger partial charge on any atom is 0.241 e. The molecule has 0 bridgehead atoms. The maximum absolute atomic E-state index is 9.90. The van der Waals surface area contributed by atoms with Crippen molar-refractivity contribution in [1.82, 2.24) is 0 Å². The highest BCUT2D eigenvalue weighted by atomic mass is 35.7. The van der Waals surface area contributed by atoms with Crippen molar-refractivity contribution >= 4 is 36.6 Å². The Bertz CT molecular complexity index is 181. The molecule has 0 aromatic heterocycles. The lowest BCUT2D eigenvalue weighted by Crippen LogP contribution is -2.03. The summed E-state index contributed by atoms with van der Waals surface area (Å²) in [5, 5.41) is -0.972. The molecule has 0 aliphatic carbocycles. The maximum atomic E-state index is 9.90. The van der Waals surface area contributed by atoms with E-state index < -0.39 is 20.0 Å². The molecule has 8 heavy (non-hydrogen) atoms. The molecule has 0 amide bonds. The van der Waals surface area contributed by atoms with Crippen molar-refractivity contribution in [3.05, 3.63) is 0 Å². The first-order chi connectivity index (χ1) is 3.42. The Morgan fingerprint density at radius 1 is 1.50 bits per heavy atom. The monoisotopic (exact) mass is 176 g/mol. The van der Waals surface area contributed by atoms with E-state index in [1.807, 2.05) is 0 Å². The summed E-state index contributed by atoms with van der Waals surface area (Å²) in [6, 6.07) is 0. The van der Waals surface area contributed by atoms with Gasteiger partial charge in [-0.15, -0.1) is 0 Å².